The number of carbonyl (C=O) groups excluding carboxylic acids is 1. The van der Waals surface area contributed by atoms with Crippen LogP contribution in [-0.2, 0) is 22.4 Å². The first kappa shape index (κ1) is 22.1. The van der Waals surface area contributed by atoms with Gasteiger partial charge in [-0.25, -0.2) is 8.78 Å². The molecule has 0 saturated carbocycles. The van der Waals surface area contributed by atoms with Gasteiger partial charge in [-0.3, -0.25) is 9.69 Å². The summed E-state index contributed by atoms with van der Waals surface area (Å²) in [6.07, 6.45) is 0.638. The van der Waals surface area contributed by atoms with E-state index in [1.54, 1.807) is 11.0 Å². The average Bonchev–Trinajstić information content (AvgIpc) is 2.76. The summed E-state index contributed by atoms with van der Waals surface area (Å²) < 4.78 is 36.0. The largest absolute Gasteiger partial charge is 0.398 e. The summed E-state index contributed by atoms with van der Waals surface area (Å²) >= 11 is 0. The van der Waals surface area contributed by atoms with Crippen LogP contribution in [0.2, 0.25) is 0 Å². The van der Waals surface area contributed by atoms with E-state index >= 15 is 8.78 Å². The summed E-state index contributed by atoms with van der Waals surface area (Å²) in [6.45, 7) is 3.40. The Morgan fingerprint density at radius 3 is 2.55 bits per heavy atom. The Kier molecular flexibility index (Phi) is 6.27. The molecule has 0 spiro atoms. The SMILES string of the molecule is N=Cc1cc2c(c(C(O)C(F)(F)C3CCN(C(=O)CN4CCOCC4)CC3)c1N)CC2. The van der Waals surface area contributed by atoms with Gasteiger partial charge in [0.25, 0.3) is 5.92 Å². The summed E-state index contributed by atoms with van der Waals surface area (Å²) in [5.74, 6) is -4.44. The number of alkyl halides is 2. The van der Waals surface area contributed by atoms with Crippen LogP contribution in [0.1, 0.15) is 41.2 Å². The monoisotopic (exact) mass is 436 g/mol. The highest BCUT2D eigenvalue weighted by atomic mass is 19.3. The first-order valence-electron chi connectivity index (χ1n) is 10.9. The van der Waals surface area contributed by atoms with Gasteiger partial charge in [-0.2, -0.15) is 0 Å². The van der Waals surface area contributed by atoms with Crippen molar-refractivity contribution in [1.29, 1.82) is 5.41 Å². The van der Waals surface area contributed by atoms with Crippen LogP contribution < -0.4 is 5.73 Å². The molecule has 170 valence electrons. The average molecular weight is 437 g/mol. The normalized spacial score (nSPS) is 21.3. The van der Waals surface area contributed by atoms with Crippen LogP contribution in [0.15, 0.2) is 6.07 Å². The minimum atomic E-state index is -3.36. The highest BCUT2D eigenvalue weighted by Crippen LogP contribution is 2.47. The molecular formula is C22H30F2N4O3. The van der Waals surface area contributed by atoms with Crippen molar-refractivity contribution in [2.45, 2.75) is 37.7 Å². The molecule has 9 heteroatoms. The van der Waals surface area contributed by atoms with Crippen LogP contribution in [0.5, 0.6) is 0 Å². The van der Waals surface area contributed by atoms with Crippen molar-refractivity contribution in [3.8, 4) is 0 Å². The van der Waals surface area contributed by atoms with Crippen molar-refractivity contribution >= 4 is 17.8 Å². The number of hydrogen-bond acceptors (Lipinski definition) is 6. The molecule has 2 heterocycles. The summed E-state index contributed by atoms with van der Waals surface area (Å²) in [5.41, 5.74) is 8.15. The number of anilines is 1. The zero-order valence-corrected chi connectivity index (χ0v) is 17.6. The van der Waals surface area contributed by atoms with Gasteiger partial charge in [0, 0.05) is 55.1 Å². The van der Waals surface area contributed by atoms with Crippen molar-refractivity contribution in [3.05, 3.63) is 28.3 Å². The van der Waals surface area contributed by atoms with E-state index in [0.717, 1.165) is 18.2 Å². The van der Waals surface area contributed by atoms with Crippen LogP contribution in [0, 0.1) is 11.3 Å². The highest BCUT2D eigenvalue weighted by Gasteiger charge is 2.50. The fraction of sp³-hybridized carbons (Fsp3) is 0.636. The number of aliphatic hydroxyl groups excluding tert-OH is 1. The van der Waals surface area contributed by atoms with E-state index in [-0.39, 0.29) is 49.6 Å². The quantitative estimate of drug-likeness (QED) is 0.464. The van der Waals surface area contributed by atoms with Gasteiger partial charge in [0.1, 0.15) is 6.10 Å². The van der Waals surface area contributed by atoms with Gasteiger partial charge in [-0.05, 0) is 42.9 Å². The standard InChI is InChI=1S/C22H30F2N4O3/c23-22(24,21(30)19-17-2-1-14(17)11-15(12-25)20(19)26)16-3-5-28(6-4-16)18(29)13-27-7-9-31-10-8-27/h11-12,16,21,25,30H,1-10,13,26H2. The number of aliphatic hydroxyl groups is 1. The number of likely N-dealkylation sites (tertiary alicyclic amines) is 1. The third-order valence-electron chi connectivity index (χ3n) is 6.94. The van der Waals surface area contributed by atoms with E-state index in [1.807, 2.05) is 4.90 Å². The first-order valence-corrected chi connectivity index (χ1v) is 10.9. The number of fused-ring (bicyclic) bond motifs is 1. The molecule has 4 rings (SSSR count). The van der Waals surface area contributed by atoms with Gasteiger partial charge in [-0.1, -0.05) is 0 Å². The Balaban J connectivity index is 1.42. The number of carbonyl (C=O) groups is 1. The van der Waals surface area contributed by atoms with Gasteiger partial charge >= 0.3 is 0 Å². The van der Waals surface area contributed by atoms with Crippen molar-refractivity contribution in [1.82, 2.24) is 9.80 Å². The number of aryl methyl sites for hydroxylation is 1. The molecule has 1 unspecified atom stereocenters. The molecule has 31 heavy (non-hydrogen) atoms. The number of nitrogen functional groups attached to an aromatic ring is 1. The number of hydrogen-bond donors (Lipinski definition) is 3. The van der Waals surface area contributed by atoms with Crippen molar-refractivity contribution in [2.75, 3.05) is 51.7 Å². The third-order valence-corrected chi connectivity index (χ3v) is 6.94. The molecule has 1 aliphatic carbocycles. The number of halogens is 2. The first-order chi connectivity index (χ1) is 14.8. The highest BCUT2D eigenvalue weighted by molar-refractivity contribution is 5.88. The molecule has 7 nitrogen and oxygen atoms in total. The lowest BCUT2D eigenvalue weighted by Gasteiger charge is -2.39. The van der Waals surface area contributed by atoms with Crippen molar-refractivity contribution < 1.29 is 23.4 Å². The molecule has 1 aromatic rings. The molecule has 1 amide bonds. The summed E-state index contributed by atoms with van der Waals surface area (Å²) in [5, 5.41) is 18.2. The Bertz CT molecular complexity index is 850. The number of rotatable bonds is 6. The summed E-state index contributed by atoms with van der Waals surface area (Å²) in [7, 11) is 0. The minimum absolute atomic E-state index is 0.0477. The van der Waals surface area contributed by atoms with Gasteiger partial charge in [0.05, 0.1) is 19.8 Å². The van der Waals surface area contributed by atoms with E-state index in [9.17, 15) is 9.90 Å². The van der Waals surface area contributed by atoms with Crippen LogP contribution in [0.3, 0.4) is 0 Å². The van der Waals surface area contributed by atoms with E-state index in [0.29, 0.717) is 43.9 Å². The summed E-state index contributed by atoms with van der Waals surface area (Å²) in [6, 6.07) is 1.74. The second-order valence-corrected chi connectivity index (χ2v) is 8.70. The second kappa shape index (κ2) is 8.80. The third kappa shape index (κ3) is 4.18. The number of morpholine rings is 1. The Hall–Kier alpha value is -2.10. The number of benzene rings is 1. The zero-order valence-electron chi connectivity index (χ0n) is 17.6. The van der Waals surface area contributed by atoms with E-state index in [1.165, 1.54) is 0 Å². The van der Waals surface area contributed by atoms with Crippen LogP contribution in [0.25, 0.3) is 0 Å². The maximum absolute atomic E-state index is 15.4. The lowest BCUT2D eigenvalue weighted by atomic mass is 9.77. The number of nitrogens with one attached hydrogen (secondary N) is 1. The van der Waals surface area contributed by atoms with Crippen LogP contribution in [0.4, 0.5) is 14.5 Å². The topological polar surface area (TPSA) is 103 Å². The Labute approximate surface area is 180 Å². The summed E-state index contributed by atoms with van der Waals surface area (Å²) in [4.78, 5) is 16.2. The number of ether oxygens (including phenoxy) is 1. The zero-order chi connectivity index (χ0) is 22.2. The van der Waals surface area contributed by atoms with E-state index < -0.39 is 17.9 Å². The smallest absolute Gasteiger partial charge is 0.280 e. The molecule has 2 aliphatic heterocycles. The van der Waals surface area contributed by atoms with Crippen LogP contribution in [-0.4, -0.2) is 78.9 Å². The predicted molar refractivity (Wildman–Crippen MR) is 113 cm³/mol. The molecule has 0 radical (unpaired) electrons. The lowest BCUT2D eigenvalue weighted by Crippen LogP contribution is -2.49. The molecule has 0 bridgehead atoms. The molecule has 0 aromatic heterocycles. The van der Waals surface area contributed by atoms with Crippen molar-refractivity contribution in [2.24, 2.45) is 5.92 Å². The maximum Gasteiger partial charge on any atom is 0.280 e. The molecule has 1 aromatic carbocycles. The minimum Gasteiger partial charge on any atom is -0.398 e. The Morgan fingerprint density at radius 1 is 1.29 bits per heavy atom. The molecule has 4 N–H and O–H groups in total. The van der Waals surface area contributed by atoms with E-state index in [2.05, 4.69) is 0 Å². The molecule has 2 fully saturated rings. The van der Waals surface area contributed by atoms with Gasteiger partial charge in [0.15, 0.2) is 0 Å². The number of amides is 1. The fourth-order valence-electron chi connectivity index (χ4n) is 4.86. The molecule has 3 aliphatic rings. The van der Waals surface area contributed by atoms with Crippen LogP contribution >= 0.6 is 0 Å². The Morgan fingerprint density at radius 2 is 1.97 bits per heavy atom. The number of piperidine rings is 1. The predicted octanol–water partition coefficient (Wildman–Crippen LogP) is 1.60. The molecule has 2 saturated heterocycles. The van der Waals surface area contributed by atoms with Gasteiger partial charge in [0.2, 0.25) is 5.91 Å². The van der Waals surface area contributed by atoms with Gasteiger partial charge < -0.3 is 25.9 Å². The maximum atomic E-state index is 15.4. The number of nitrogens with zero attached hydrogens (tertiary/aromatic N) is 2. The van der Waals surface area contributed by atoms with Crippen molar-refractivity contribution in [3.63, 3.8) is 0 Å². The fourth-order valence-corrected chi connectivity index (χ4v) is 4.86. The molecule has 1 atom stereocenters. The molecular weight excluding hydrogens is 406 g/mol. The lowest BCUT2D eigenvalue weighted by molar-refractivity contribution is -0.164. The number of nitrogens with two attached hydrogens (primary N) is 1. The second-order valence-electron chi connectivity index (χ2n) is 8.70. The van der Waals surface area contributed by atoms with E-state index in [4.69, 9.17) is 15.9 Å². The van der Waals surface area contributed by atoms with Gasteiger partial charge in [-0.15, -0.1) is 0 Å².